The molecule has 16 heavy (non-hydrogen) atoms. The smallest absolute Gasteiger partial charge is 0.228 e. The minimum Gasteiger partial charge on any atom is -0.391 e. The van der Waals surface area contributed by atoms with Crippen LogP contribution in [0.5, 0.6) is 0 Å². The molecule has 0 unspecified atom stereocenters. The second-order valence-corrected chi connectivity index (χ2v) is 3.90. The quantitative estimate of drug-likeness (QED) is 0.691. The van der Waals surface area contributed by atoms with E-state index >= 15 is 0 Å². The molecule has 0 saturated carbocycles. The standard InChI is InChI=1S/C11H21N3O2/c1-9-8-16-6-5-14(9)11(15)7-10(13-2)3-4-12/h3,9,13H,4-8,12H2,1-2H3/b10-3-/t9-/m0/s1. The Morgan fingerprint density at radius 2 is 2.44 bits per heavy atom. The van der Waals surface area contributed by atoms with Crippen LogP contribution >= 0.6 is 0 Å². The molecule has 1 atom stereocenters. The fraction of sp³-hybridized carbons (Fsp3) is 0.727. The average Bonchev–Trinajstić information content (AvgIpc) is 2.28. The molecular formula is C11H21N3O2. The van der Waals surface area contributed by atoms with Gasteiger partial charge in [-0.1, -0.05) is 6.08 Å². The van der Waals surface area contributed by atoms with Crippen molar-refractivity contribution in [3.05, 3.63) is 11.8 Å². The molecule has 1 fully saturated rings. The molecule has 0 aromatic heterocycles. The van der Waals surface area contributed by atoms with E-state index in [1.54, 1.807) is 7.05 Å². The van der Waals surface area contributed by atoms with Crippen LogP contribution < -0.4 is 11.1 Å². The van der Waals surface area contributed by atoms with E-state index in [2.05, 4.69) is 5.32 Å². The van der Waals surface area contributed by atoms with Gasteiger partial charge in [0.05, 0.1) is 25.7 Å². The second kappa shape index (κ2) is 6.50. The van der Waals surface area contributed by atoms with Crippen molar-refractivity contribution in [3.63, 3.8) is 0 Å². The van der Waals surface area contributed by atoms with Crippen LogP contribution in [0.3, 0.4) is 0 Å². The molecule has 1 saturated heterocycles. The van der Waals surface area contributed by atoms with Crippen LogP contribution in [0.15, 0.2) is 11.8 Å². The fourth-order valence-electron chi connectivity index (χ4n) is 1.77. The Kier molecular flexibility index (Phi) is 5.28. The lowest BCUT2D eigenvalue weighted by molar-refractivity contribution is -0.138. The number of carbonyl (C=O) groups is 1. The summed E-state index contributed by atoms with van der Waals surface area (Å²) >= 11 is 0. The zero-order valence-electron chi connectivity index (χ0n) is 10.0. The van der Waals surface area contributed by atoms with Crippen LogP contribution in [-0.4, -0.2) is 50.2 Å². The first-order valence-electron chi connectivity index (χ1n) is 5.63. The van der Waals surface area contributed by atoms with Gasteiger partial charge < -0.3 is 20.7 Å². The highest BCUT2D eigenvalue weighted by molar-refractivity contribution is 5.79. The maximum atomic E-state index is 12.0. The number of amides is 1. The van der Waals surface area contributed by atoms with Crippen molar-refractivity contribution < 1.29 is 9.53 Å². The van der Waals surface area contributed by atoms with E-state index in [1.165, 1.54) is 0 Å². The van der Waals surface area contributed by atoms with Gasteiger partial charge in [-0.05, 0) is 6.92 Å². The van der Waals surface area contributed by atoms with E-state index in [1.807, 2.05) is 17.9 Å². The van der Waals surface area contributed by atoms with E-state index < -0.39 is 0 Å². The summed E-state index contributed by atoms with van der Waals surface area (Å²) in [4.78, 5) is 13.9. The Morgan fingerprint density at radius 3 is 3.00 bits per heavy atom. The van der Waals surface area contributed by atoms with Crippen LogP contribution in [0.1, 0.15) is 13.3 Å². The summed E-state index contributed by atoms with van der Waals surface area (Å²) in [6, 6.07) is 0.164. The third-order valence-corrected chi connectivity index (χ3v) is 2.72. The molecule has 5 heteroatoms. The van der Waals surface area contributed by atoms with Gasteiger partial charge >= 0.3 is 0 Å². The van der Waals surface area contributed by atoms with E-state index in [0.29, 0.717) is 32.7 Å². The number of nitrogens with two attached hydrogens (primary N) is 1. The van der Waals surface area contributed by atoms with E-state index in [0.717, 1.165) is 5.70 Å². The van der Waals surface area contributed by atoms with Crippen molar-refractivity contribution in [1.29, 1.82) is 0 Å². The van der Waals surface area contributed by atoms with Gasteiger partial charge in [-0.3, -0.25) is 4.79 Å². The predicted molar refractivity (Wildman–Crippen MR) is 62.8 cm³/mol. The maximum absolute atomic E-state index is 12.0. The number of carbonyl (C=O) groups excluding carboxylic acids is 1. The van der Waals surface area contributed by atoms with E-state index in [4.69, 9.17) is 10.5 Å². The highest BCUT2D eigenvalue weighted by Crippen LogP contribution is 2.10. The van der Waals surface area contributed by atoms with Crippen molar-refractivity contribution in [2.75, 3.05) is 33.4 Å². The molecule has 3 N–H and O–H groups in total. The lowest BCUT2D eigenvalue weighted by Crippen LogP contribution is -2.47. The van der Waals surface area contributed by atoms with Gasteiger partial charge in [0, 0.05) is 25.8 Å². The summed E-state index contributed by atoms with van der Waals surface area (Å²) in [5.41, 5.74) is 6.31. The molecule has 0 aromatic carbocycles. The van der Waals surface area contributed by atoms with Gasteiger partial charge in [0.1, 0.15) is 0 Å². The van der Waals surface area contributed by atoms with Gasteiger partial charge in [-0.2, -0.15) is 0 Å². The molecule has 1 amide bonds. The summed E-state index contributed by atoms with van der Waals surface area (Å²) in [5, 5.41) is 2.99. The van der Waals surface area contributed by atoms with Crippen molar-refractivity contribution in [2.24, 2.45) is 5.73 Å². The van der Waals surface area contributed by atoms with Crippen molar-refractivity contribution >= 4 is 5.91 Å². The van der Waals surface area contributed by atoms with Crippen molar-refractivity contribution in [3.8, 4) is 0 Å². The van der Waals surface area contributed by atoms with Crippen molar-refractivity contribution in [2.45, 2.75) is 19.4 Å². The number of hydrogen-bond acceptors (Lipinski definition) is 4. The number of rotatable bonds is 4. The largest absolute Gasteiger partial charge is 0.391 e. The van der Waals surface area contributed by atoms with Crippen LogP contribution in [0.4, 0.5) is 0 Å². The monoisotopic (exact) mass is 227 g/mol. The predicted octanol–water partition coefficient (Wildman–Crippen LogP) is -0.314. The number of hydrogen-bond donors (Lipinski definition) is 2. The first kappa shape index (κ1) is 13.0. The number of ether oxygens (including phenoxy) is 1. The van der Waals surface area contributed by atoms with Crippen LogP contribution in [0.2, 0.25) is 0 Å². The zero-order valence-corrected chi connectivity index (χ0v) is 10.0. The van der Waals surface area contributed by atoms with Gasteiger partial charge in [0.15, 0.2) is 0 Å². The van der Waals surface area contributed by atoms with Gasteiger partial charge in [-0.25, -0.2) is 0 Å². The summed E-state index contributed by atoms with van der Waals surface area (Å²) < 4.78 is 5.30. The third kappa shape index (κ3) is 3.50. The first-order chi connectivity index (χ1) is 7.69. The van der Waals surface area contributed by atoms with Crippen molar-refractivity contribution in [1.82, 2.24) is 10.2 Å². The normalized spacial score (nSPS) is 22.1. The molecule has 1 aliphatic heterocycles. The molecule has 1 rings (SSSR count). The van der Waals surface area contributed by atoms with Crippen LogP contribution in [0, 0.1) is 0 Å². The van der Waals surface area contributed by atoms with Gasteiger partial charge in [0.2, 0.25) is 5.91 Å². The average molecular weight is 227 g/mol. The van der Waals surface area contributed by atoms with Crippen LogP contribution in [0.25, 0.3) is 0 Å². The van der Waals surface area contributed by atoms with Gasteiger partial charge in [-0.15, -0.1) is 0 Å². The minimum absolute atomic E-state index is 0.129. The first-order valence-corrected chi connectivity index (χ1v) is 5.63. The Balaban J connectivity index is 2.53. The molecule has 0 aromatic rings. The van der Waals surface area contributed by atoms with E-state index in [9.17, 15) is 4.79 Å². The third-order valence-electron chi connectivity index (χ3n) is 2.72. The molecule has 92 valence electrons. The SMILES string of the molecule is CN/C(=C\CN)CC(=O)N1CCOC[C@@H]1C. The number of nitrogens with one attached hydrogen (secondary N) is 1. The van der Waals surface area contributed by atoms with Gasteiger partial charge in [0.25, 0.3) is 0 Å². The minimum atomic E-state index is 0.129. The number of morpholine rings is 1. The molecule has 0 aliphatic carbocycles. The molecular weight excluding hydrogens is 206 g/mol. The highest BCUT2D eigenvalue weighted by atomic mass is 16.5. The lowest BCUT2D eigenvalue weighted by atomic mass is 10.2. The summed E-state index contributed by atoms with van der Waals surface area (Å²) in [6.45, 7) is 4.39. The fourth-order valence-corrected chi connectivity index (χ4v) is 1.77. The zero-order chi connectivity index (χ0) is 12.0. The Bertz CT molecular complexity index is 266. The Hall–Kier alpha value is -1.07. The Morgan fingerprint density at radius 1 is 1.69 bits per heavy atom. The topological polar surface area (TPSA) is 67.6 Å². The summed E-state index contributed by atoms with van der Waals surface area (Å²) in [6.07, 6.45) is 2.22. The molecule has 0 radical (unpaired) electrons. The van der Waals surface area contributed by atoms with Crippen LogP contribution in [-0.2, 0) is 9.53 Å². The summed E-state index contributed by atoms with van der Waals surface area (Å²) in [5.74, 6) is 0.129. The molecule has 0 bridgehead atoms. The lowest BCUT2D eigenvalue weighted by Gasteiger charge is -2.33. The number of nitrogens with zero attached hydrogens (tertiary/aromatic N) is 1. The molecule has 5 nitrogen and oxygen atoms in total. The molecule has 0 spiro atoms. The molecule has 1 heterocycles. The highest BCUT2D eigenvalue weighted by Gasteiger charge is 2.23. The molecule has 1 aliphatic rings. The second-order valence-electron chi connectivity index (χ2n) is 3.90. The maximum Gasteiger partial charge on any atom is 0.228 e. The van der Waals surface area contributed by atoms with E-state index in [-0.39, 0.29) is 11.9 Å². The Labute approximate surface area is 96.6 Å². The summed E-state index contributed by atoms with van der Waals surface area (Å²) in [7, 11) is 1.80.